The second-order valence-electron chi connectivity index (χ2n) is 7.77. The summed E-state index contributed by atoms with van der Waals surface area (Å²) in [4.78, 5) is 30.8. The number of aryl methyl sites for hydroxylation is 3. The molecule has 1 fully saturated rings. The molecule has 0 atom stereocenters. The van der Waals surface area contributed by atoms with Gasteiger partial charge in [0.1, 0.15) is 11.5 Å². The Morgan fingerprint density at radius 3 is 2.76 bits per heavy atom. The van der Waals surface area contributed by atoms with Crippen molar-refractivity contribution in [2.45, 2.75) is 33.2 Å². The van der Waals surface area contributed by atoms with E-state index in [9.17, 15) is 9.59 Å². The predicted molar refractivity (Wildman–Crippen MR) is 108 cm³/mol. The Morgan fingerprint density at radius 1 is 1.31 bits per heavy atom. The molecule has 0 radical (unpaired) electrons. The largest absolute Gasteiger partial charge is 0.381 e. The molecule has 0 aromatic carbocycles. The van der Waals surface area contributed by atoms with Gasteiger partial charge in [-0.1, -0.05) is 5.16 Å². The fourth-order valence-electron chi connectivity index (χ4n) is 3.94. The number of fused-ring (bicyclic) bond motifs is 1. The molecule has 1 N–H and O–H groups in total. The highest BCUT2D eigenvalue weighted by Gasteiger charge is 2.26. The summed E-state index contributed by atoms with van der Waals surface area (Å²) in [5, 5.41) is 5.19. The van der Waals surface area contributed by atoms with Crippen LogP contribution in [0.1, 0.15) is 40.3 Å². The summed E-state index contributed by atoms with van der Waals surface area (Å²) in [6.45, 7) is 6.23. The Balaban J connectivity index is 1.69. The Labute approximate surface area is 168 Å². The van der Waals surface area contributed by atoms with Gasteiger partial charge in [0.05, 0.1) is 17.6 Å². The number of carbonyl (C=O) groups excluding carboxylic acids is 1. The molecular formula is C21H26N4O4. The van der Waals surface area contributed by atoms with E-state index in [1.54, 1.807) is 19.4 Å². The average Bonchev–Trinajstić information content (AvgIpc) is 3.29. The van der Waals surface area contributed by atoms with Crippen molar-refractivity contribution in [2.75, 3.05) is 19.8 Å². The maximum absolute atomic E-state index is 13.5. The summed E-state index contributed by atoms with van der Waals surface area (Å²) in [6, 6.07) is 1.81. The fourth-order valence-corrected chi connectivity index (χ4v) is 3.94. The highest BCUT2D eigenvalue weighted by molar-refractivity contribution is 6.05. The quantitative estimate of drug-likeness (QED) is 0.713. The number of hydrogen-bond acceptors (Lipinski definition) is 5. The summed E-state index contributed by atoms with van der Waals surface area (Å²) in [5.74, 6) is 0.972. The van der Waals surface area contributed by atoms with Crippen LogP contribution in [-0.2, 0) is 18.3 Å². The van der Waals surface area contributed by atoms with E-state index in [2.05, 4.69) is 10.1 Å². The van der Waals surface area contributed by atoms with Crippen LogP contribution >= 0.6 is 0 Å². The van der Waals surface area contributed by atoms with Gasteiger partial charge in [0, 0.05) is 50.1 Å². The van der Waals surface area contributed by atoms with E-state index in [4.69, 9.17) is 9.26 Å². The highest BCUT2D eigenvalue weighted by atomic mass is 16.5. The molecule has 0 aliphatic carbocycles. The topological polar surface area (TPSA) is 93.4 Å². The van der Waals surface area contributed by atoms with Crippen LogP contribution in [-0.4, -0.2) is 45.3 Å². The molecule has 0 bridgehead atoms. The van der Waals surface area contributed by atoms with Crippen molar-refractivity contribution in [3.8, 4) is 0 Å². The number of hydrogen-bond donors (Lipinski definition) is 1. The van der Waals surface area contributed by atoms with E-state index in [0.717, 1.165) is 43.1 Å². The molecule has 0 spiro atoms. The molecule has 3 aromatic rings. The zero-order valence-electron chi connectivity index (χ0n) is 17.0. The smallest absolute Gasteiger partial charge is 0.271 e. The van der Waals surface area contributed by atoms with Crippen LogP contribution in [0.15, 0.2) is 27.8 Å². The van der Waals surface area contributed by atoms with Gasteiger partial charge in [0.15, 0.2) is 0 Å². The first-order chi connectivity index (χ1) is 14.0. The van der Waals surface area contributed by atoms with Gasteiger partial charge in [-0.3, -0.25) is 9.59 Å². The zero-order valence-corrected chi connectivity index (χ0v) is 17.0. The number of nitrogens with one attached hydrogen (secondary N) is 1. The normalized spacial score (nSPS) is 15.1. The minimum atomic E-state index is -0.125. The highest BCUT2D eigenvalue weighted by Crippen LogP contribution is 2.23. The molecule has 1 aliphatic rings. The first-order valence-electron chi connectivity index (χ1n) is 9.91. The predicted octanol–water partition coefficient (Wildman–Crippen LogP) is 2.54. The minimum absolute atomic E-state index is 0.125. The first-order valence-corrected chi connectivity index (χ1v) is 9.91. The summed E-state index contributed by atoms with van der Waals surface area (Å²) in [6.07, 6.45) is 5.16. The SMILES string of the molecule is Cc1noc(C)c1CN(CC1CCOCC1)C(=O)c1[nH]cc2c(=O)n(C)ccc12. The maximum Gasteiger partial charge on any atom is 0.271 e. The number of ether oxygens (including phenoxy) is 1. The second kappa shape index (κ2) is 7.87. The van der Waals surface area contributed by atoms with Gasteiger partial charge in [-0.15, -0.1) is 0 Å². The Bertz CT molecular complexity index is 1070. The molecule has 8 nitrogen and oxygen atoms in total. The molecule has 3 aromatic heterocycles. The van der Waals surface area contributed by atoms with Gasteiger partial charge in [0.25, 0.3) is 11.5 Å². The van der Waals surface area contributed by atoms with Gasteiger partial charge in [-0.25, -0.2) is 0 Å². The van der Waals surface area contributed by atoms with Crippen molar-refractivity contribution in [2.24, 2.45) is 13.0 Å². The van der Waals surface area contributed by atoms with Crippen LogP contribution in [0.2, 0.25) is 0 Å². The van der Waals surface area contributed by atoms with Crippen LogP contribution in [0.5, 0.6) is 0 Å². The van der Waals surface area contributed by atoms with Crippen molar-refractivity contribution in [3.05, 3.63) is 51.5 Å². The third-order valence-corrected chi connectivity index (χ3v) is 5.79. The lowest BCUT2D eigenvalue weighted by atomic mass is 9.99. The molecule has 29 heavy (non-hydrogen) atoms. The molecule has 0 saturated carbocycles. The standard InChI is InChI=1S/C21H26N4O4/c1-13-18(14(2)29-23-13)12-25(11-15-5-8-28-9-6-15)21(27)19-16-4-7-24(3)20(26)17(16)10-22-19/h4,7,10,15,22H,5-6,8-9,11-12H2,1-3H3. The van der Waals surface area contributed by atoms with Crippen molar-refractivity contribution in [1.82, 2.24) is 19.6 Å². The van der Waals surface area contributed by atoms with Gasteiger partial charge in [-0.2, -0.15) is 0 Å². The lowest BCUT2D eigenvalue weighted by Crippen LogP contribution is -2.37. The molecule has 0 unspecified atom stereocenters. The van der Waals surface area contributed by atoms with Crippen molar-refractivity contribution in [3.63, 3.8) is 0 Å². The average molecular weight is 398 g/mol. The Hall–Kier alpha value is -2.87. The number of rotatable bonds is 5. The van der Waals surface area contributed by atoms with E-state index in [-0.39, 0.29) is 11.5 Å². The Kier molecular flexibility index (Phi) is 5.27. The number of aromatic nitrogens is 3. The summed E-state index contributed by atoms with van der Waals surface area (Å²) < 4.78 is 12.3. The van der Waals surface area contributed by atoms with Gasteiger partial charge >= 0.3 is 0 Å². The molecule has 154 valence electrons. The van der Waals surface area contributed by atoms with Crippen molar-refractivity contribution < 1.29 is 14.1 Å². The van der Waals surface area contributed by atoms with E-state index < -0.39 is 0 Å². The summed E-state index contributed by atoms with van der Waals surface area (Å²) >= 11 is 0. The number of H-pyrrole nitrogens is 1. The van der Waals surface area contributed by atoms with Gasteiger partial charge in [0.2, 0.25) is 0 Å². The molecular weight excluding hydrogens is 372 g/mol. The van der Waals surface area contributed by atoms with E-state index in [0.29, 0.717) is 35.5 Å². The van der Waals surface area contributed by atoms with E-state index in [1.165, 1.54) is 4.57 Å². The van der Waals surface area contributed by atoms with Gasteiger partial charge in [-0.05, 0) is 38.7 Å². The van der Waals surface area contributed by atoms with Crippen LogP contribution < -0.4 is 5.56 Å². The van der Waals surface area contributed by atoms with Crippen LogP contribution in [0.3, 0.4) is 0 Å². The van der Waals surface area contributed by atoms with E-state index >= 15 is 0 Å². The lowest BCUT2D eigenvalue weighted by molar-refractivity contribution is 0.0443. The summed E-state index contributed by atoms with van der Waals surface area (Å²) in [5.41, 5.74) is 2.03. The monoisotopic (exact) mass is 398 g/mol. The fraction of sp³-hybridized carbons (Fsp3) is 0.476. The number of carbonyl (C=O) groups is 1. The number of pyridine rings is 1. The lowest BCUT2D eigenvalue weighted by Gasteiger charge is -2.29. The van der Waals surface area contributed by atoms with Crippen LogP contribution in [0.25, 0.3) is 10.8 Å². The minimum Gasteiger partial charge on any atom is -0.381 e. The Morgan fingerprint density at radius 2 is 2.07 bits per heavy atom. The van der Waals surface area contributed by atoms with Gasteiger partial charge < -0.3 is 23.7 Å². The zero-order chi connectivity index (χ0) is 20.5. The second-order valence-corrected chi connectivity index (χ2v) is 7.77. The van der Waals surface area contributed by atoms with E-state index in [1.807, 2.05) is 24.8 Å². The third kappa shape index (κ3) is 3.72. The number of amides is 1. The molecule has 1 aliphatic heterocycles. The summed E-state index contributed by atoms with van der Waals surface area (Å²) in [7, 11) is 1.70. The first kappa shape index (κ1) is 19.4. The number of nitrogens with zero attached hydrogens (tertiary/aromatic N) is 3. The molecule has 8 heteroatoms. The third-order valence-electron chi connectivity index (χ3n) is 5.79. The number of aromatic amines is 1. The van der Waals surface area contributed by atoms with Crippen molar-refractivity contribution in [1.29, 1.82) is 0 Å². The molecule has 4 heterocycles. The van der Waals surface area contributed by atoms with Crippen LogP contribution in [0, 0.1) is 19.8 Å². The maximum atomic E-state index is 13.5. The molecule has 4 rings (SSSR count). The molecule has 1 amide bonds. The molecule has 1 saturated heterocycles. The van der Waals surface area contributed by atoms with Crippen molar-refractivity contribution >= 4 is 16.7 Å². The van der Waals surface area contributed by atoms with Crippen LogP contribution in [0.4, 0.5) is 0 Å².